The van der Waals surface area contributed by atoms with Gasteiger partial charge in [-0.05, 0) is 49.1 Å². The van der Waals surface area contributed by atoms with Crippen molar-refractivity contribution in [3.63, 3.8) is 0 Å². The molecule has 2 aromatic carbocycles. The molecule has 0 saturated heterocycles. The predicted molar refractivity (Wildman–Crippen MR) is 88.5 cm³/mol. The van der Waals surface area contributed by atoms with Gasteiger partial charge in [0.15, 0.2) is 0 Å². The molecule has 0 fully saturated rings. The summed E-state index contributed by atoms with van der Waals surface area (Å²) in [6.45, 7) is 6.49. The highest BCUT2D eigenvalue weighted by atomic mass is 79.9. The van der Waals surface area contributed by atoms with Gasteiger partial charge in [-0.3, -0.25) is 25.8 Å². The Morgan fingerprint density at radius 3 is 1.83 bits per heavy atom. The summed E-state index contributed by atoms with van der Waals surface area (Å²) >= 11 is 6.44. The fourth-order valence-corrected chi connectivity index (χ4v) is 2.19. The Kier molecular flexibility index (Phi) is 7.53. The van der Waals surface area contributed by atoms with Crippen molar-refractivity contribution >= 4 is 41.8 Å². The average molecular weight is 379 g/mol. The number of rotatable bonds is 1. The zero-order valence-corrected chi connectivity index (χ0v) is 15.5. The minimum atomic E-state index is 0.0417. The molecule has 0 N–H and O–H groups in total. The van der Waals surface area contributed by atoms with Gasteiger partial charge in [0.05, 0.1) is 0 Å². The predicted octanol–water partition coefficient (Wildman–Crippen LogP) is 5.39. The van der Waals surface area contributed by atoms with Crippen molar-refractivity contribution in [3.05, 3.63) is 59.2 Å². The maximum absolute atomic E-state index is 3.20. The first kappa shape index (κ1) is 16.2. The first-order valence-electron chi connectivity index (χ1n) is 5.76. The molecule has 0 aliphatic rings. The number of aryl methyl sites for hydroxylation is 3. The van der Waals surface area contributed by atoms with E-state index in [4.69, 9.17) is 0 Å². The summed E-state index contributed by atoms with van der Waals surface area (Å²) < 4.78 is 0. The summed E-state index contributed by atoms with van der Waals surface area (Å²) in [6, 6.07) is 15.7. The van der Waals surface area contributed by atoms with Gasteiger partial charge in [0.25, 0.3) is 0 Å². The van der Waals surface area contributed by atoms with E-state index in [1.807, 2.05) is 12.1 Å². The average Bonchev–Trinajstić information content (AvgIpc) is 2.30. The summed E-state index contributed by atoms with van der Waals surface area (Å²) in [5.74, 6) is 0. The fourth-order valence-electron chi connectivity index (χ4n) is 2.19. The van der Waals surface area contributed by atoms with Crippen molar-refractivity contribution in [2.24, 2.45) is 0 Å². The molecule has 0 unspecified atom stereocenters. The van der Waals surface area contributed by atoms with Crippen molar-refractivity contribution in [1.29, 1.82) is 0 Å². The minimum Gasteiger partial charge on any atom is -0.280 e. The molecule has 1 radical (unpaired) electrons. The highest BCUT2D eigenvalue weighted by Crippen LogP contribution is 2.27. The molecule has 0 atom stereocenters. The second-order valence-electron chi connectivity index (χ2n) is 4.16. The van der Waals surface area contributed by atoms with Crippen LogP contribution in [0, 0.1) is 26.8 Å². The Morgan fingerprint density at radius 2 is 1.39 bits per heavy atom. The van der Waals surface area contributed by atoms with Gasteiger partial charge in [0, 0.05) is 0 Å². The third kappa shape index (κ3) is 4.69. The highest BCUT2D eigenvalue weighted by Gasteiger charge is 2.05. The maximum Gasteiger partial charge on any atom is 0.560 e. The number of hydrogen-bond donors (Lipinski definition) is 0. The van der Waals surface area contributed by atoms with Crippen LogP contribution in [-0.4, -0.2) is 16.0 Å². The van der Waals surface area contributed by atoms with Crippen LogP contribution in [0.1, 0.15) is 16.7 Å². The lowest BCUT2D eigenvalue weighted by molar-refractivity contribution is 1.32. The molecular weight excluding hydrogens is 364 g/mol. The van der Waals surface area contributed by atoms with Gasteiger partial charge in [0.2, 0.25) is 0 Å². The Bertz CT molecular complexity index is 472. The topological polar surface area (TPSA) is 0 Å². The number of halogens is 2. The van der Waals surface area contributed by atoms with Crippen LogP contribution in [0.25, 0.3) is 11.1 Å². The van der Waals surface area contributed by atoms with Gasteiger partial charge >= 0.3 is 16.0 Å². The third-order valence-corrected chi connectivity index (χ3v) is 2.68. The lowest BCUT2D eigenvalue weighted by atomic mass is 9.94. The molecule has 0 nitrogen and oxygen atoms in total. The van der Waals surface area contributed by atoms with E-state index in [0.717, 1.165) is 0 Å². The van der Waals surface area contributed by atoms with Gasteiger partial charge in [0.1, 0.15) is 0 Å². The Labute approximate surface area is 132 Å². The zero-order valence-electron chi connectivity index (χ0n) is 10.9. The van der Waals surface area contributed by atoms with Gasteiger partial charge in [-0.25, -0.2) is 0 Å². The summed E-state index contributed by atoms with van der Waals surface area (Å²) in [5, 5.41) is 0. The summed E-state index contributed by atoms with van der Waals surface area (Å²) in [4.78, 5) is 0. The van der Waals surface area contributed by atoms with Gasteiger partial charge in [-0.15, -0.1) is 0 Å². The van der Waals surface area contributed by atoms with Crippen molar-refractivity contribution in [2.45, 2.75) is 20.8 Å². The van der Waals surface area contributed by atoms with E-state index in [2.05, 4.69) is 76.9 Å². The van der Waals surface area contributed by atoms with Crippen LogP contribution < -0.4 is 0 Å². The molecular formula is C15H15Br2Mg. The minimum absolute atomic E-state index is 0.0417. The smallest absolute Gasteiger partial charge is 0.280 e. The zero-order chi connectivity index (χ0) is 13.5. The van der Waals surface area contributed by atoms with Crippen LogP contribution in [0.5, 0.6) is 0 Å². The first-order chi connectivity index (χ1) is 8.60. The first-order valence-corrected chi connectivity index (χ1v) is 13.6. The quantitative estimate of drug-likeness (QED) is 0.583. The molecule has 0 amide bonds. The molecule has 3 heteroatoms. The van der Waals surface area contributed by atoms with E-state index in [1.54, 1.807) is 0 Å². The van der Waals surface area contributed by atoms with Crippen LogP contribution in [0.3, 0.4) is 0 Å². The monoisotopic (exact) mass is 377 g/mol. The second-order valence-corrected chi connectivity index (χ2v) is 12.2. The SMILES string of the molecule is Cc1cc(C)c(-c2cc[c]cc2)c(C)c1.[Br][Mg][Br]. The standard InChI is InChI=1S/C15H15.2BrH.Mg/c1-11-9-12(2)15(13(3)10-11)14-7-5-4-6-8-14;;;/h5-10H,1-3H3;2*1H;/q;;;+2/p-2. The molecule has 0 aliphatic heterocycles. The molecule has 2 rings (SSSR count). The third-order valence-electron chi connectivity index (χ3n) is 2.68. The number of benzene rings is 2. The van der Waals surface area contributed by atoms with E-state index in [-0.39, 0.29) is 16.0 Å². The largest absolute Gasteiger partial charge is 0.560 e. The van der Waals surface area contributed by atoms with Gasteiger partial charge < -0.3 is 0 Å². The van der Waals surface area contributed by atoms with Crippen molar-refractivity contribution < 1.29 is 0 Å². The molecule has 0 spiro atoms. The molecule has 18 heavy (non-hydrogen) atoms. The molecule has 0 saturated carbocycles. The van der Waals surface area contributed by atoms with E-state index < -0.39 is 0 Å². The fraction of sp³-hybridized carbons (Fsp3) is 0.200. The molecule has 91 valence electrons. The summed E-state index contributed by atoms with van der Waals surface area (Å²) in [6.07, 6.45) is 0. The maximum atomic E-state index is 3.20. The molecule has 0 bridgehead atoms. The van der Waals surface area contributed by atoms with E-state index in [9.17, 15) is 0 Å². The summed E-state index contributed by atoms with van der Waals surface area (Å²) in [5.41, 5.74) is 6.66. The van der Waals surface area contributed by atoms with Gasteiger partial charge in [-0.2, -0.15) is 0 Å². The second kappa shape index (κ2) is 8.36. The Hall–Kier alpha value is 0.166. The lowest BCUT2D eigenvalue weighted by Crippen LogP contribution is -1.89. The molecule has 0 heterocycles. The molecule has 0 aliphatic carbocycles. The number of hydrogen-bond acceptors (Lipinski definition) is 0. The van der Waals surface area contributed by atoms with Gasteiger partial charge in [-0.1, -0.05) is 42.0 Å². The summed E-state index contributed by atoms with van der Waals surface area (Å²) in [7, 11) is 0. The van der Waals surface area contributed by atoms with E-state index >= 15 is 0 Å². The van der Waals surface area contributed by atoms with Crippen LogP contribution in [0.15, 0.2) is 36.4 Å². The van der Waals surface area contributed by atoms with Crippen LogP contribution in [0.2, 0.25) is 0 Å². The highest BCUT2D eigenvalue weighted by molar-refractivity contribution is 9.47. The van der Waals surface area contributed by atoms with Crippen molar-refractivity contribution in [3.8, 4) is 11.1 Å². The molecule has 2 aromatic rings. The normalized spacial score (nSPS) is 9.17. The van der Waals surface area contributed by atoms with Crippen LogP contribution >= 0.6 is 25.8 Å². The molecule has 0 aromatic heterocycles. The van der Waals surface area contributed by atoms with E-state index in [0.29, 0.717) is 0 Å². The van der Waals surface area contributed by atoms with Crippen LogP contribution in [0.4, 0.5) is 0 Å². The lowest BCUT2D eigenvalue weighted by Gasteiger charge is -2.11. The van der Waals surface area contributed by atoms with E-state index in [1.165, 1.54) is 27.8 Å². The van der Waals surface area contributed by atoms with Crippen LogP contribution in [-0.2, 0) is 0 Å². The van der Waals surface area contributed by atoms with Crippen molar-refractivity contribution in [1.82, 2.24) is 0 Å². The Morgan fingerprint density at radius 1 is 0.944 bits per heavy atom. The van der Waals surface area contributed by atoms with Crippen molar-refractivity contribution in [2.75, 3.05) is 0 Å². The Balaban J connectivity index is 0.000000492.